The zero-order valence-corrected chi connectivity index (χ0v) is 13.8. The van der Waals surface area contributed by atoms with E-state index < -0.39 is 0 Å². The summed E-state index contributed by atoms with van der Waals surface area (Å²) in [7, 11) is 0. The number of hydrogen-bond acceptors (Lipinski definition) is 2. The quantitative estimate of drug-likeness (QED) is 0.874. The van der Waals surface area contributed by atoms with Crippen molar-refractivity contribution in [1.82, 2.24) is 5.32 Å². The van der Waals surface area contributed by atoms with E-state index in [0.717, 1.165) is 43.5 Å². The highest BCUT2D eigenvalue weighted by Crippen LogP contribution is 2.36. The van der Waals surface area contributed by atoms with E-state index in [2.05, 4.69) is 35.1 Å². The van der Waals surface area contributed by atoms with Crippen LogP contribution in [0, 0.1) is 11.2 Å². The first-order valence-corrected chi connectivity index (χ1v) is 8.05. The van der Waals surface area contributed by atoms with Crippen LogP contribution in [0.2, 0.25) is 0 Å². The standard InChI is InChI=1S/C16H23BrFNO/c1-12(2)19-11-16(5-7-20-8-6-16)10-13-3-4-14(18)9-15(13)17/h3-4,9,12,19H,5-8,10-11H2,1-2H3. The normalized spacial score (nSPS) is 18.4. The Kier molecular flexibility index (Phi) is 5.58. The van der Waals surface area contributed by atoms with Crippen LogP contribution in [0.4, 0.5) is 4.39 Å². The first kappa shape index (κ1) is 15.9. The molecule has 0 unspecified atom stereocenters. The Morgan fingerprint density at radius 2 is 2.05 bits per heavy atom. The van der Waals surface area contributed by atoms with Crippen LogP contribution in [-0.4, -0.2) is 25.8 Å². The molecule has 1 aromatic rings. The predicted octanol–water partition coefficient (Wildman–Crippen LogP) is 3.93. The number of halogens is 2. The van der Waals surface area contributed by atoms with E-state index in [1.54, 1.807) is 12.1 Å². The third kappa shape index (κ3) is 4.27. The number of benzene rings is 1. The molecule has 1 heterocycles. The van der Waals surface area contributed by atoms with Crippen molar-refractivity contribution in [3.05, 3.63) is 34.1 Å². The second-order valence-corrected chi connectivity index (χ2v) is 6.91. The molecular formula is C16H23BrFNO. The molecule has 0 saturated carbocycles. The summed E-state index contributed by atoms with van der Waals surface area (Å²) in [6.07, 6.45) is 3.06. The summed E-state index contributed by atoms with van der Waals surface area (Å²) in [6, 6.07) is 5.47. The fraction of sp³-hybridized carbons (Fsp3) is 0.625. The van der Waals surface area contributed by atoms with Crippen molar-refractivity contribution < 1.29 is 9.13 Å². The van der Waals surface area contributed by atoms with E-state index in [4.69, 9.17) is 4.74 Å². The Labute approximate surface area is 129 Å². The van der Waals surface area contributed by atoms with E-state index in [1.807, 2.05) is 6.07 Å². The molecule has 0 amide bonds. The SMILES string of the molecule is CC(C)NCC1(Cc2ccc(F)cc2Br)CCOCC1. The summed E-state index contributed by atoms with van der Waals surface area (Å²) < 4.78 is 19.6. The molecule has 1 fully saturated rings. The average molecular weight is 344 g/mol. The second-order valence-electron chi connectivity index (χ2n) is 6.06. The molecule has 0 bridgehead atoms. The minimum absolute atomic E-state index is 0.193. The van der Waals surface area contributed by atoms with E-state index >= 15 is 0 Å². The van der Waals surface area contributed by atoms with E-state index in [0.29, 0.717) is 6.04 Å². The molecule has 0 radical (unpaired) electrons. The molecule has 20 heavy (non-hydrogen) atoms. The molecule has 4 heteroatoms. The Bertz CT molecular complexity index is 444. The highest BCUT2D eigenvalue weighted by Gasteiger charge is 2.33. The van der Waals surface area contributed by atoms with Crippen molar-refractivity contribution in [1.29, 1.82) is 0 Å². The second kappa shape index (κ2) is 7.01. The van der Waals surface area contributed by atoms with Gasteiger partial charge in [-0.05, 0) is 42.4 Å². The molecule has 1 aliphatic rings. The molecule has 0 spiro atoms. The number of nitrogens with one attached hydrogen (secondary N) is 1. The summed E-state index contributed by atoms with van der Waals surface area (Å²) >= 11 is 3.49. The van der Waals surface area contributed by atoms with Crippen LogP contribution in [0.1, 0.15) is 32.3 Å². The average Bonchev–Trinajstić information content (AvgIpc) is 2.41. The van der Waals surface area contributed by atoms with Gasteiger partial charge in [-0.15, -0.1) is 0 Å². The minimum atomic E-state index is -0.193. The Hall–Kier alpha value is -0.450. The van der Waals surface area contributed by atoms with Gasteiger partial charge in [-0.3, -0.25) is 0 Å². The van der Waals surface area contributed by atoms with Crippen LogP contribution in [0.3, 0.4) is 0 Å². The lowest BCUT2D eigenvalue weighted by Gasteiger charge is -2.38. The van der Waals surface area contributed by atoms with Crippen molar-refractivity contribution in [2.24, 2.45) is 5.41 Å². The zero-order valence-electron chi connectivity index (χ0n) is 12.2. The zero-order chi connectivity index (χ0) is 14.6. The molecule has 0 atom stereocenters. The smallest absolute Gasteiger partial charge is 0.124 e. The van der Waals surface area contributed by atoms with Gasteiger partial charge in [-0.1, -0.05) is 35.8 Å². The van der Waals surface area contributed by atoms with Gasteiger partial charge >= 0.3 is 0 Å². The van der Waals surface area contributed by atoms with Gasteiger partial charge in [0.05, 0.1) is 0 Å². The lowest BCUT2D eigenvalue weighted by Crippen LogP contribution is -2.43. The molecule has 0 aliphatic carbocycles. The van der Waals surface area contributed by atoms with Gasteiger partial charge in [-0.2, -0.15) is 0 Å². The summed E-state index contributed by atoms with van der Waals surface area (Å²) in [5, 5.41) is 3.56. The molecule has 2 nitrogen and oxygen atoms in total. The van der Waals surface area contributed by atoms with Gasteiger partial charge in [0, 0.05) is 30.3 Å². The monoisotopic (exact) mass is 343 g/mol. The molecule has 1 aliphatic heterocycles. The summed E-state index contributed by atoms with van der Waals surface area (Å²) in [4.78, 5) is 0. The molecule has 112 valence electrons. The van der Waals surface area contributed by atoms with Gasteiger partial charge in [0.15, 0.2) is 0 Å². The van der Waals surface area contributed by atoms with Crippen LogP contribution in [0.25, 0.3) is 0 Å². The van der Waals surface area contributed by atoms with Gasteiger partial charge < -0.3 is 10.1 Å². The summed E-state index contributed by atoms with van der Waals surface area (Å²) in [6.45, 7) is 6.96. The van der Waals surface area contributed by atoms with Crippen molar-refractivity contribution in [2.75, 3.05) is 19.8 Å². The summed E-state index contributed by atoms with van der Waals surface area (Å²) in [5.74, 6) is -0.193. The first-order chi connectivity index (χ1) is 9.51. The Balaban J connectivity index is 2.14. The van der Waals surface area contributed by atoms with Crippen molar-refractivity contribution in [3.63, 3.8) is 0 Å². The van der Waals surface area contributed by atoms with Crippen LogP contribution >= 0.6 is 15.9 Å². The summed E-state index contributed by atoms with van der Waals surface area (Å²) in [5.41, 5.74) is 1.39. The molecule has 1 aromatic carbocycles. The number of rotatable bonds is 5. The lowest BCUT2D eigenvalue weighted by molar-refractivity contribution is 0.0140. The van der Waals surface area contributed by atoms with Crippen LogP contribution in [0.5, 0.6) is 0 Å². The van der Waals surface area contributed by atoms with E-state index in [1.165, 1.54) is 5.56 Å². The fourth-order valence-corrected chi connectivity index (χ4v) is 3.20. The van der Waals surface area contributed by atoms with Gasteiger partial charge in [0.1, 0.15) is 5.82 Å². The molecule has 2 rings (SSSR count). The molecule has 0 aromatic heterocycles. The van der Waals surface area contributed by atoms with Crippen LogP contribution < -0.4 is 5.32 Å². The minimum Gasteiger partial charge on any atom is -0.381 e. The largest absolute Gasteiger partial charge is 0.381 e. The predicted molar refractivity (Wildman–Crippen MR) is 83.4 cm³/mol. The highest BCUT2D eigenvalue weighted by molar-refractivity contribution is 9.10. The van der Waals surface area contributed by atoms with Crippen LogP contribution in [-0.2, 0) is 11.2 Å². The lowest BCUT2D eigenvalue weighted by atomic mass is 9.75. The first-order valence-electron chi connectivity index (χ1n) is 7.26. The topological polar surface area (TPSA) is 21.3 Å². The number of hydrogen-bond donors (Lipinski definition) is 1. The van der Waals surface area contributed by atoms with Crippen molar-refractivity contribution in [2.45, 2.75) is 39.2 Å². The van der Waals surface area contributed by atoms with Gasteiger partial charge in [0.2, 0.25) is 0 Å². The van der Waals surface area contributed by atoms with E-state index in [9.17, 15) is 4.39 Å². The van der Waals surface area contributed by atoms with Crippen LogP contribution in [0.15, 0.2) is 22.7 Å². The maximum Gasteiger partial charge on any atom is 0.124 e. The highest BCUT2D eigenvalue weighted by atomic mass is 79.9. The molecular weight excluding hydrogens is 321 g/mol. The third-order valence-electron chi connectivity index (χ3n) is 4.02. The fourth-order valence-electron chi connectivity index (χ4n) is 2.71. The number of ether oxygens (including phenoxy) is 1. The van der Waals surface area contributed by atoms with E-state index in [-0.39, 0.29) is 11.2 Å². The molecule has 1 saturated heterocycles. The third-order valence-corrected chi connectivity index (χ3v) is 4.76. The maximum absolute atomic E-state index is 13.2. The van der Waals surface area contributed by atoms with Gasteiger partial charge in [-0.25, -0.2) is 4.39 Å². The Morgan fingerprint density at radius 3 is 2.65 bits per heavy atom. The van der Waals surface area contributed by atoms with Crippen molar-refractivity contribution in [3.8, 4) is 0 Å². The van der Waals surface area contributed by atoms with Crippen molar-refractivity contribution >= 4 is 15.9 Å². The Morgan fingerprint density at radius 1 is 1.35 bits per heavy atom. The molecule has 1 N–H and O–H groups in total. The van der Waals surface area contributed by atoms with Gasteiger partial charge in [0.25, 0.3) is 0 Å². The maximum atomic E-state index is 13.2.